The van der Waals surface area contributed by atoms with E-state index in [-0.39, 0.29) is 11.7 Å². The van der Waals surface area contributed by atoms with E-state index < -0.39 is 0 Å². The molecule has 0 aromatic heterocycles. The smallest absolute Gasteiger partial charge is 0.410 e. The number of rotatable bonds is 0. The zero-order chi connectivity index (χ0) is 11.9. The molecule has 15 heavy (non-hydrogen) atoms. The second-order valence-corrected chi connectivity index (χ2v) is 4.41. The van der Waals surface area contributed by atoms with Crippen LogP contribution < -0.4 is 0 Å². The average molecular weight is 215 g/mol. The predicted octanol–water partition coefficient (Wildman–Crippen LogP) is 2.22. The normalized spacial score (nSPS) is 15.3. The van der Waals surface area contributed by atoms with Gasteiger partial charge in [-0.15, -0.1) is 0 Å². The highest BCUT2D eigenvalue weighted by Crippen LogP contribution is 2.14. The molecule has 1 saturated heterocycles. The molecule has 0 saturated carbocycles. The van der Waals surface area contributed by atoms with Gasteiger partial charge in [-0.3, -0.25) is 0 Å². The van der Waals surface area contributed by atoms with Crippen molar-refractivity contribution >= 4 is 12.4 Å². The molecule has 1 aliphatic rings. The minimum atomic E-state index is -0.361. The molecule has 0 aliphatic carbocycles. The number of nitrogens with zero attached hydrogens (tertiary/aromatic N) is 1. The van der Waals surface area contributed by atoms with Crippen LogP contribution in [0.3, 0.4) is 0 Å². The molecule has 0 aromatic rings. The molecule has 0 N–H and O–H groups in total. The van der Waals surface area contributed by atoms with Crippen molar-refractivity contribution in [1.29, 1.82) is 0 Å². The quantitative estimate of drug-likeness (QED) is 0.582. The van der Waals surface area contributed by atoms with E-state index in [1.807, 2.05) is 20.8 Å². The Hall–Kier alpha value is -1.06. The largest absolute Gasteiger partial charge is 0.444 e. The standard InChI is InChI=1S/C9H17NO2.C2H4O/c1-9(2,3)12-8(11)10-6-4-5-7-10;1-2-3/h4-7H2,1-3H3;2H,1H3. The first-order chi connectivity index (χ1) is 6.90. The molecular formula is C11H21NO3. The Morgan fingerprint density at radius 1 is 1.27 bits per heavy atom. The molecule has 0 spiro atoms. The monoisotopic (exact) mass is 215 g/mol. The number of carbonyl (C=O) groups is 2. The van der Waals surface area contributed by atoms with Gasteiger partial charge >= 0.3 is 6.09 Å². The Morgan fingerprint density at radius 2 is 1.67 bits per heavy atom. The maximum absolute atomic E-state index is 11.4. The Balaban J connectivity index is 0.000000583. The molecule has 1 fully saturated rings. The fraction of sp³-hybridized carbons (Fsp3) is 0.818. The summed E-state index contributed by atoms with van der Waals surface area (Å²) < 4.78 is 5.21. The summed E-state index contributed by atoms with van der Waals surface area (Å²) in [5.74, 6) is 0. The molecule has 0 radical (unpaired) electrons. The first kappa shape index (κ1) is 13.9. The highest BCUT2D eigenvalue weighted by molar-refractivity contribution is 5.68. The predicted molar refractivity (Wildman–Crippen MR) is 58.8 cm³/mol. The van der Waals surface area contributed by atoms with Gasteiger partial charge in [0, 0.05) is 13.1 Å². The van der Waals surface area contributed by atoms with E-state index in [0.29, 0.717) is 0 Å². The van der Waals surface area contributed by atoms with Crippen LogP contribution in [0.25, 0.3) is 0 Å². The van der Waals surface area contributed by atoms with E-state index in [0.717, 1.165) is 32.2 Å². The zero-order valence-corrected chi connectivity index (χ0v) is 10.1. The fourth-order valence-electron chi connectivity index (χ4n) is 1.23. The van der Waals surface area contributed by atoms with Crippen LogP contribution in [-0.2, 0) is 9.53 Å². The number of carbonyl (C=O) groups excluding carboxylic acids is 2. The van der Waals surface area contributed by atoms with Gasteiger partial charge in [0.25, 0.3) is 0 Å². The molecule has 0 bridgehead atoms. The van der Waals surface area contributed by atoms with Crippen LogP contribution in [0.5, 0.6) is 0 Å². The van der Waals surface area contributed by atoms with Gasteiger partial charge in [-0.25, -0.2) is 4.79 Å². The molecule has 0 atom stereocenters. The van der Waals surface area contributed by atoms with Crippen molar-refractivity contribution in [2.45, 2.75) is 46.1 Å². The maximum atomic E-state index is 11.4. The van der Waals surface area contributed by atoms with Crippen LogP contribution in [0.2, 0.25) is 0 Å². The summed E-state index contributed by atoms with van der Waals surface area (Å²) in [6, 6.07) is 0. The van der Waals surface area contributed by atoms with E-state index in [2.05, 4.69) is 0 Å². The number of aldehydes is 1. The molecule has 1 aliphatic heterocycles. The summed E-state index contributed by atoms with van der Waals surface area (Å²) in [6.07, 6.45) is 2.80. The van der Waals surface area contributed by atoms with Gasteiger partial charge in [0.2, 0.25) is 0 Å². The van der Waals surface area contributed by atoms with E-state index in [4.69, 9.17) is 9.53 Å². The molecule has 1 heterocycles. The number of ether oxygens (including phenoxy) is 1. The van der Waals surface area contributed by atoms with Gasteiger partial charge in [-0.05, 0) is 40.5 Å². The Kier molecular flexibility index (Phi) is 5.97. The summed E-state index contributed by atoms with van der Waals surface area (Å²) in [5, 5.41) is 0. The fourth-order valence-corrected chi connectivity index (χ4v) is 1.23. The zero-order valence-electron chi connectivity index (χ0n) is 10.1. The first-order valence-electron chi connectivity index (χ1n) is 5.28. The van der Waals surface area contributed by atoms with Gasteiger partial charge < -0.3 is 14.4 Å². The average Bonchev–Trinajstić information content (AvgIpc) is 2.53. The third kappa shape index (κ3) is 6.94. The van der Waals surface area contributed by atoms with Gasteiger partial charge in [0.05, 0.1) is 0 Å². The van der Waals surface area contributed by atoms with E-state index in [1.54, 1.807) is 4.90 Å². The summed E-state index contributed by atoms with van der Waals surface area (Å²) in [4.78, 5) is 21.9. The van der Waals surface area contributed by atoms with Crippen molar-refractivity contribution in [1.82, 2.24) is 4.90 Å². The third-order valence-corrected chi connectivity index (χ3v) is 1.76. The lowest BCUT2D eigenvalue weighted by Gasteiger charge is -2.23. The van der Waals surface area contributed by atoms with Gasteiger partial charge in [0.15, 0.2) is 0 Å². The summed E-state index contributed by atoms with van der Waals surface area (Å²) in [6.45, 7) is 8.83. The Bertz CT molecular complexity index is 202. The van der Waals surface area contributed by atoms with E-state index in [1.165, 1.54) is 6.92 Å². The number of hydrogen-bond acceptors (Lipinski definition) is 3. The second kappa shape index (κ2) is 6.43. The van der Waals surface area contributed by atoms with Crippen LogP contribution in [-0.4, -0.2) is 36.0 Å². The lowest BCUT2D eigenvalue weighted by Crippen LogP contribution is -2.34. The first-order valence-corrected chi connectivity index (χ1v) is 5.28. The molecule has 0 unspecified atom stereocenters. The van der Waals surface area contributed by atoms with E-state index >= 15 is 0 Å². The summed E-state index contributed by atoms with van der Waals surface area (Å²) >= 11 is 0. The van der Waals surface area contributed by atoms with Crippen molar-refractivity contribution in [3.63, 3.8) is 0 Å². The van der Waals surface area contributed by atoms with Gasteiger partial charge in [0.1, 0.15) is 11.9 Å². The minimum Gasteiger partial charge on any atom is -0.444 e. The second-order valence-electron chi connectivity index (χ2n) is 4.41. The minimum absolute atomic E-state index is 0.167. The molecule has 1 amide bonds. The highest BCUT2D eigenvalue weighted by Gasteiger charge is 2.23. The summed E-state index contributed by atoms with van der Waals surface area (Å²) in [7, 11) is 0. The molecule has 4 nitrogen and oxygen atoms in total. The van der Waals surface area contributed by atoms with Crippen LogP contribution in [0, 0.1) is 0 Å². The van der Waals surface area contributed by atoms with Crippen molar-refractivity contribution in [2.75, 3.05) is 13.1 Å². The van der Waals surface area contributed by atoms with Crippen molar-refractivity contribution < 1.29 is 14.3 Å². The molecule has 0 aromatic carbocycles. The van der Waals surface area contributed by atoms with Crippen molar-refractivity contribution in [2.24, 2.45) is 0 Å². The van der Waals surface area contributed by atoms with Crippen LogP contribution in [0.15, 0.2) is 0 Å². The molecular weight excluding hydrogens is 194 g/mol. The SMILES string of the molecule is CC(C)(C)OC(=O)N1CCCC1.CC=O. The highest BCUT2D eigenvalue weighted by atomic mass is 16.6. The van der Waals surface area contributed by atoms with Crippen LogP contribution in [0.1, 0.15) is 40.5 Å². The number of amides is 1. The number of likely N-dealkylation sites (tertiary alicyclic amines) is 1. The lowest BCUT2D eigenvalue weighted by molar-refractivity contribution is -0.106. The summed E-state index contributed by atoms with van der Waals surface area (Å²) in [5.41, 5.74) is -0.361. The van der Waals surface area contributed by atoms with Gasteiger partial charge in [-0.2, -0.15) is 0 Å². The lowest BCUT2D eigenvalue weighted by atomic mass is 10.2. The molecule has 4 heteroatoms. The topological polar surface area (TPSA) is 46.6 Å². The van der Waals surface area contributed by atoms with Gasteiger partial charge in [-0.1, -0.05) is 0 Å². The Labute approximate surface area is 91.6 Å². The Morgan fingerprint density at radius 3 is 2.00 bits per heavy atom. The molecule has 1 rings (SSSR count). The molecule has 88 valence electrons. The van der Waals surface area contributed by atoms with Crippen LogP contribution >= 0.6 is 0 Å². The maximum Gasteiger partial charge on any atom is 0.410 e. The van der Waals surface area contributed by atoms with E-state index in [9.17, 15) is 4.79 Å². The van der Waals surface area contributed by atoms with Crippen molar-refractivity contribution in [3.8, 4) is 0 Å². The van der Waals surface area contributed by atoms with Crippen LogP contribution in [0.4, 0.5) is 4.79 Å². The number of hydrogen-bond donors (Lipinski definition) is 0. The van der Waals surface area contributed by atoms with Crippen molar-refractivity contribution in [3.05, 3.63) is 0 Å². The third-order valence-electron chi connectivity index (χ3n) is 1.76.